The lowest BCUT2D eigenvalue weighted by atomic mass is 10.1. The molecule has 0 aliphatic heterocycles. The Morgan fingerprint density at radius 1 is 1.26 bits per heavy atom. The van der Waals surface area contributed by atoms with E-state index in [-0.39, 0.29) is 0 Å². The molecule has 0 spiro atoms. The number of benzene rings is 1. The summed E-state index contributed by atoms with van der Waals surface area (Å²) in [6.07, 6.45) is 1.71. The van der Waals surface area contributed by atoms with Crippen LogP contribution in [0.5, 0.6) is 0 Å². The molecule has 0 fully saturated rings. The van der Waals surface area contributed by atoms with Gasteiger partial charge in [0.25, 0.3) is 0 Å². The number of rotatable bonds is 5. The highest BCUT2D eigenvalue weighted by atomic mass is 35.5. The molecule has 19 heavy (non-hydrogen) atoms. The van der Waals surface area contributed by atoms with E-state index in [9.17, 15) is 0 Å². The lowest BCUT2D eigenvalue weighted by Crippen LogP contribution is -2.03. The smallest absolute Gasteiger partial charge is 0.152 e. The average Bonchev–Trinajstić information content (AvgIpc) is 2.39. The van der Waals surface area contributed by atoms with E-state index in [2.05, 4.69) is 28.5 Å². The Labute approximate surface area is 118 Å². The van der Waals surface area contributed by atoms with E-state index >= 15 is 0 Å². The van der Waals surface area contributed by atoms with Gasteiger partial charge in [-0.1, -0.05) is 35.9 Å². The van der Waals surface area contributed by atoms with Gasteiger partial charge in [-0.15, -0.1) is 0 Å². The maximum Gasteiger partial charge on any atom is 0.152 e. The van der Waals surface area contributed by atoms with Crippen LogP contribution in [-0.4, -0.2) is 12.1 Å². The molecule has 3 nitrogen and oxygen atoms in total. The van der Waals surface area contributed by atoms with Gasteiger partial charge in [0.1, 0.15) is 0 Å². The standard InChI is InChI=1S/C15H17ClN2O/c1-11-6-7-17-15(16)14(11)18-9-12-4-3-5-13(8-12)10-19-2/h3-8,18H,9-10H2,1-2H3. The Kier molecular flexibility index (Phi) is 4.77. The summed E-state index contributed by atoms with van der Waals surface area (Å²) in [6.45, 7) is 3.35. The van der Waals surface area contributed by atoms with E-state index in [0.29, 0.717) is 18.3 Å². The SMILES string of the molecule is COCc1cccc(CNc2c(C)ccnc2Cl)c1. The number of nitrogens with one attached hydrogen (secondary N) is 1. The average molecular weight is 277 g/mol. The summed E-state index contributed by atoms with van der Waals surface area (Å²) in [5, 5.41) is 3.84. The molecule has 0 bridgehead atoms. The molecule has 1 aromatic heterocycles. The third-order valence-electron chi connectivity index (χ3n) is 2.88. The molecular weight excluding hydrogens is 260 g/mol. The van der Waals surface area contributed by atoms with Crippen LogP contribution in [0.25, 0.3) is 0 Å². The maximum absolute atomic E-state index is 6.08. The van der Waals surface area contributed by atoms with Gasteiger partial charge in [-0.25, -0.2) is 4.98 Å². The maximum atomic E-state index is 6.08. The number of anilines is 1. The van der Waals surface area contributed by atoms with Gasteiger partial charge in [-0.2, -0.15) is 0 Å². The molecule has 1 N–H and O–H groups in total. The summed E-state index contributed by atoms with van der Waals surface area (Å²) in [6, 6.07) is 10.2. The number of hydrogen-bond donors (Lipinski definition) is 1. The van der Waals surface area contributed by atoms with Crippen molar-refractivity contribution in [1.29, 1.82) is 0 Å². The molecule has 4 heteroatoms. The minimum atomic E-state index is 0.507. The van der Waals surface area contributed by atoms with Crippen LogP contribution in [0.4, 0.5) is 5.69 Å². The van der Waals surface area contributed by atoms with Crippen LogP contribution < -0.4 is 5.32 Å². The Balaban J connectivity index is 2.08. The first-order valence-corrected chi connectivity index (χ1v) is 6.50. The Bertz CT molecular complexity index is 537. The lowest BCUT2D eigenvalue weighted by molar-refractivity contribution is 0.185. The number of halogens is 1. The molecule has 0 saturated heterocycles. The first kappa shape index (κ1) is 13.8. The number of ether oxygens (including phenoxy) is 1. The molecule has 100 valence electrons. The van der Waals surface area contributed by atoms with Crippen molar-refractivity contribution < 1.29 is 4.74 Å². The van der Waals surface area contributed by atoms with Gasteiger partial charge < -0.3 is 10.1 Å². The minimum Gasteiger partial charge on any atom is -0.380 e. The van der Waals surface area contributed by atoms with Crippen LogP contribution in [0, 0.1) is 6.92 Å². The van der Waals surface area contributed by atoms with Crippen molar-refractivity contribution in [3.8, 4) is 0 Å². The number of methoxy groups -OCH3 is 1. The fourth-order valence-electron chi connectivity index (χ4n) is 1.92. The van der Waals surface area contributed by atoms with Crippen molar-refractivity contribution in [1.82, 2.24) is 4.98 Å². The molecular formula is C15H17ClN2O. The third-order valence-corrected chi connectivity index (χ3v) is 3.17. The van der Waals surface area contributed by atoms with Crippen LogP contribution in [0.15, 0.2) is 36.5 Å². The van der Waals surface area contributed by atoms with Crippen molar-refractivity contribution in [2.24, 2.45) is 0 Å². The molecule has 0 aliphatic rings. The van der Waals surface area contributed by atoms with Gasteiger partial charge in [0.15, 0.2) is 5.15 Å². The van der Waals surface area contributed by atoms with Gasteiger partial charge in [-0.3, -0.25) is 0 Å². The predicted octanol–water partition coefficient (Wildman–Crippen LogP) is 3.80. The Morgan fingerprint density at radius 3 is 2.79 bits per heavy atom. The number of aryl methyl sites for hydroxylation is 1. The van der Waals surface area contributed by atoms with E-state index in [1.165, 1.54) is 5.56 Å². The molecule has 0 radical (unpaired) electrons. The van der Waals surface area contributed by atoms with E-state index in [0.717, 1.165) is 16.8 Å². The van der Waals surface area contributed by atoms with Gasteiger partial charge in [0.2, 0.25) is 0 Å². The van der Waals surface area contributed by atoms with Gasteiger partial charge in [-0.05, 0) is 29.7 Å². The summed E-state index contributed by atoms with van der Waals surface area (Å²) in [7, 11) is 1.70. The van der Waals surface area contributed by atoms with Gasteiger partial charge >= 0.3 is 0 Å². The van der Waals surface area contributed by atoms with Crippen molar-refractivity contribution in [3.05, 3.63) is 58.4 Å². The molecule has 2 aromatic rings. The fraction of sp³-hybridized carbons (Fsp3) is 0.267. The zero-order chi connectivity index (χ0) is 13.7. The largest absolute Gasteiger partial charge is 0.380 e. The Hall–Kier alpha value is -1.58. The predicted molar refractivity (Wildman–Crippen MR) is 78.5 cm³/mol. The van der Waals surface area contributed by atoms with E-state index in [1.54, 1.807) is 13.3 Å². The fourth-order valence-corrected chi connectivity index (χ4v) is 2.20. The third kappa shape index (κ3) is 3.69. The second-order valence-electron chi connectivity index (χ2n) is 4.40. The van der Waals surface area contributed by atoms with Gasteiger partial charge in [0.05, 0.1) is 12.3 Å². The Morgan fingerprint density at radius 2 is 2.05 bits per heavy atom. The number of aromatic nitrogens is 1. The van der Waals surface area contributed by atoms with Gasteiger partial charge in [0, 0.05) is 19.9 Å². The van der Waals surface area contributed by atoms with E-state index in [4.69, 9.17) is 16.3 Å². The van der Waals surface area contributed by atoms with Crippen LogP contribution in [0.3, 0.4) is 0 Å². The summed E-state index contributed by atoms with van der Waals surface area (Å²) in [5.41, 5.74) is 4.33. The van der Waals surface area contributed by atoms with Crippen LogP contribution >= 0.6 is 11.6 Å². The quantitative estimate of drug-likeness (QED) is 0.844. The summed E-state index contributed by atoms with van der Waals surface area (Å²) < 4.78 is 5.13. The highest BCUT2D eigenvalue weighted by molar-refractivity contribution is 6.32. The van der Waals surface area contributed by atoms with E-state index in [1.807, 2.05) is 19.1 Å². The van der Waals surface area contributed by atoms with Crippen LogP contribution in [-0.2, 0) is 17.9 Å². The monoisotopic (exact) mass is 276 g/mol. The zero-order valence-corrected chi connectivity index (χ0v) is 11.9. The summed E-state index contributed by atoms with van der Waals surface area (Å²) >= 11 is 6.08. The second kappa shape index (κ2) is 6.55. The lowest BCUT2D eigenvalue weighted by Gasteiger charge is -2.11. The molecule has 1 aromatic carbocycles. The second-order valence-corrected chi connectivity index (χ2v) is 4.76. The van der Waals surface area contributed by atoms with Crippen molar-refractivity contribution in [3.63, 3.8) is 0 Å². The summed E-state index contributed by atoms with van der Waals surface area (Å²) in [5.74, 6) is 0. The van der Waals surface area contributed by atoms with Crippen LogP contribution in [0.2, 0.25) is 5.15 Å². The van der Waals surface area contributed by atoms with Crippen molar-refractivity contribution in [2.75, 3.05) is 12.4 Å². The molecule has 0 unspecified atom stereocenters. The van der Waals surface area contributed by atoms with Crippen molar-refractivity contribution >= 4 is 17.3 Å². The molecule has 0 aliphatic carbocycles. The molecule has 2 rings (SSSR count). The topological polar surface area (TPSA) is 34.1 Å². The normalized spacial score (nSPS) is 10.5. The zero-order valence-electron chi connectivity index (χ0n) is 11.1. The van der Waals surface area contributed by atoms with Crippen LogP contribution in [0.1, 0.15) is 16.7 Å². The minimum absolute atomic E-state index is 0.507. The summed E-state index contributed by atoms with van der Waals surface area (Å²) in [4.78, 5) is 4.08. The first-order chi connectivity index (χ1) is 9.20. The molecule has 1 heterocycles. The number of hydrogen-bond acceptors (Lipinski definition) is 3. The number of nitrogens with zero attached hydrogens (tertiary/aromatic N) is 1. The number of pyridine rings is 1. The van der Waals surface area contributed by atoms with E-state index < -0.39 is 0 Å². The highest BCUT2D eigenvalue weighted by Gasteiger charge is 2.04. The molecule has 0 amide bonds. The van der Waals surface area contributed by atoms with Crippen molar-refractivity contribution in [2.45, 2.75) is 20.1 Å². The molecule has 0 saturated carbocycles. The highest BCUT2D eigenvalue weighted by Crippen LogP contribution is 2.23. The molecule has 0 atom stereocenters. The first-order valence-electron chi connectivity index (χ1n) is 6.12.